The first-order chi connectivity index (χ1) is 10.1. The Morgan fingerprint density at radius 1 is 1.00 bits per heavy atom. The number of hydrogen-bond acceptors (Lipinski definition) is 2. The lowest BCUT2D eigenvalue weighted by atomic mass is 10.0. The molecule has 2 nitrogen and oxygen atoms in total. The van der Waals surface area contributed by atoms with E-state index in [2.05, 4.69) is 32.9 Å². The number of aryl methyl sites for hydroxylation is 3. The van der Waals surface area contributed by atoms with Crippen LogP contribution in [0.3, 0.4) is 0 Å². The minimum atomic E-state index is -0.595. The van der Waals surface area contributed by atoms with E-state index >= 15 is 0 Å². The number of benzene rings is 2. The minimum Gasteiger partial charge on any atom is -0.491 e. The van der Waals surface area contributed by atoms with Crippen molar-refractivity contribution in [1.29, 1.82) is 0 Å². The average Bonchev–Trinajstić information content (AvgIpc) is 2.49. The Morgan fingerprint density at radius 3 is 2.33 bits per heavy atom. The van der Waals surface area contributed by atoms with Gasteiger partial charge in [0, 0.05) is 0 Å². The monoisotopic (exact) mass is 284 g/mol. The van der Waals surface area contributed by atoms with E-state index < -0.39 is 6.10 Å². The highest BCUT2D eigenvalue weighted by Crippen LogP contribution is 2.20. The molecule has 2 heteroatoms. The van der Waals surface area contributed by atoms with Gasteiger partial charge in [-0.25, -0.2) is 0 Å². The Bertz CT molecular complexity index is 573. The lowest BCUT2D eigenvalue weighted by molar-refractivity contribution is 0.108. The molecular weight excluding hydrogens is 260 g/mol. The van der Waals surface area contributed by atoms with Crippen LogP contribution in [-0.2, 0) is 6.42 Å². The maximum atomic E-state index is 10.2. The van der Waals surface area contributed by atoms with E-state index in [1.165, 1.54) is 16.7 Å². The molecule has 1 N–H and O–H groups in total. The van der Waals surface area contributed by atoms with Gasteiger partial charge in [-0.15, -0.1) is 0 Å². The molecule has 0 heterocycles. The van der Waals surface area contributed by atoms with Crippen molar-refractivity contribution in [2.75, 3.05) is 6.61 Å². The van der Waals surface area contributed by atoms with Gasteiger partial charge in [0.15, 0.2) is 0 Å². The molecule has 0 amide bonds. The first-order valence-electron chi connectivity index (χ1n) is 7.57. The summed E-state index contributed by atoms with van der Waals surface area (Å²) in [7, 11) is 0. The molecule has 0 spiro atoms. The average molecular weight is 284 g/mol. The topological polar surface area (TPSA) is 29.5 Å². The molecule has 2 rings (SSSR count). The zero-order valence-electron chi connectivity index (χ0n) is 13.1. The van der Waals surface area contributed by atoms with Crippen LogP contribution in [0.2, 0.25) is 0 Å². The van der Waals surface area contributed by atoms with Crippen molar-refractivity contribution in [2.45, 2.75) is 39.7 Å². The van der Waals surface area contributed by atoms with Crippen LogP contribution >= 0.6 is 0 Å². The summed E-state index contributed by atoms with van der Waals surface area (Å²) in [5, 5.41) is 10.2. The number of ether oxygens (including phenoxy) is 1. The van der Waals surface area contributed by atoms with Gasteiger partial charge in [0.05, 0.1) is 0 Å². The summed E-state index contributed by atoms with van der Waals surface area (Å²) in [6.07, 6.45) is 1.62. The predicted octanol–water partition coefficient (Wildman–Crippen LogP) is 4.37. The minimum absolute atomic E-state index is 0.273. The van der Waals surface area contributed by atoms with Crippen LogP contribution in [-0.4, -0.2) is 11.7 Å². The lowest BCUT2D eigenvalue weighted by Gasteiger charge is -2.14. The molecule has 0 radical (unpaired) electrons. The van der Waals surface area contributed by atoms with Crippen molar-refractivity contribution >= 4 is 0 Å². The Kier molecular flexibility index (Phi) is 5.40. The van der Waals surface area contributed by atoms with E-state index in [4.69, 9.17) is 4.74 Å². The van der Waals surface area contributed by atoms with Crippen molar-refractivity contribution in [1.82, 2.24) is 0 Å². The van der Waals surface area contributed by atoms with Gasteiger partial charge in [0.25, 0.3) is 0 Å². The molecule has 21 heavy (non-hydrogen) atoms. The molecule has 0 bridgehead atoms. The van der Waals surface area contributed by atoms with Crippen LogP contribution in [0.25, 0.3) is 0 Å². The van der Waals surface area contributed by atoms with Crippen LogP contribution in [0.1, 0.15) is 41.7 Å². The van der Waals surface area contributed by atoms with Gasteiger partial charge in [-0.3, -0.25) is 0 Å². The van der Waals surface area contributed by atoms with E-state index in [1.54, 1.807) is 0 Å². The Morgan fingerprint density at radius 2 is 1.71 bits per heavy atom. The molecule has 1 atom stereocenters. The van der Waals surface area contributed by atoms with E-state index in [0.717, 1.165) is 24.2 Å². The van der Waals surface area contributed by atoms with Crippen molar-refractivity contribution in [3.8, 4) is 5.75 Å². The molecule has 2 aromatic rings. The fourth-order valence-corrected chi connectivity index (χ4v) is 2.27. The Labute approximate surface area is 127 Å². The van der Waals surface area contributed by atoms with Gasteiger partial charge in [-0.1, -0.05) is 43.7 Å². The second-order valence-corrected chi connectivity index (χ2v) is 5.56. The quantitative estimate of drug-likeness (QED) is 0.853. The van der Waals surface area contributed by atoms with Gasteiger partial charge in [0.1, 0.15) is 18.5 Å². The molecule has 1 unspecified atom stereocenters. The van der Waals surface area contributed by atoms with Crippen molar-refractivity contribution < 1.29 is 9.84 Å². The summed E-state index contributed by atoms with van der Waals surface area (Å²) in [5.41, 5.74) is 4.66. The Hall–Kier alpha value is -1.80. The molecule has 0 saturated carbocycles. The fraction of sp³-hybridized carbons (Fsp3) is 0.368. The normalized spacial score (nSPS) is 12.2. The number of aliphatic hydroxyl groups is 1. The summed E-state index contributed by atoms with van der Waals surface area (Å²) in [6, 6.07) is 14.1. The number of rotatable bonds is 6. The van der Waals surface area contributed by atoms with Crippen LogP contribution in [0.4, 0.5) is 0 Å². The van der Waals surface area contributed by atoms with Crippen LogP contribution in [0.15, 0.2) is 42.5 Å². The molecular formula is C19H24O2. The summed E-state index contributed by atoms with van der Waals surface area (Å²) in [5.74, 6) is 0.805. The third-order valence-corrected chi connectivity index (χ3v) is 3.79. The van der Waals surface area contributed by atoms with Gasteiger partial charge < -0.3 is 9.84 Å². The highest BCUT2D eigenvalue weighted by atomic mass is 16.5. The second kappa shape index (κ2) is 7.28. The van der Waals surface area contributed by atoms with Gasteiger partial charge in [-0.2, -0.15) is 0 Å². The molecule has 0 aliphatic rings. The molecule has 0 aromatic heterocycles. The van der Waals surface area contributed by atoms with Gasteiger partial charge in [-0.05, 0) is 54.7 Å². The van der Waals surface area contributed by atoms with Crippen molar-refractivity contribution in [3.05, 3.63) is 64.7 Å². The zero-order valence-corrected chi connectivity index (χ0v) is 13.1. The number of aliphatic hydroxyl groups excluding tert-OH is 1. The molecule has 112 valence electrons. The molecule has 2 aromatic carbocycles. The Balaban J connectivity index is 1.94. The smallest absolute Gasteiger partial charge is 0.119 e. The molecule has 0 saturated heterocycles. The van der Waals surface area contributed by atoms with E-state index in [0.29, 0.717) is 0 Å². The maximum absolute atomic E-state index is 10.2. The van der Waals surface area contributed by atoms with E-state index in [-0.39, 0.29) is 6.61 Å². The van der Waals surface area contributed by atoms with E-state index in [9.17, 15) is 5.11 Å². The standard InChI is InChI=1S/C19H24O2/c1-4-5-16-7-9-17(10-8-16)19(20)13-21-18-11-6-14(2)15(3)12-18/h6-12,19-20H,4-5,13H2,1-3H3. The summed E-state index contributed by atoms with van der Waals surface area (Å²) < 4.78 is 5.69. The maximum Gasteiger partial charge on any atom is 0.119 e. The molecule has 0 aliphatic heterocycles. The SMILES string of the molecule is CCCc1ccc(C(O)COc2ccc(C)c(C)c2)cc1. The first kappa shape index (κ1) is 15.6. The molecule has 0 aliphatic carbocycles. The third-order valence-electron chi connectivity index (χ3n) is 3.79. The summed E-state index contributed by atoms with van der Waals surface area (Å²) in [6.45, 7) is 6.58. The van der Waals surface area contributed by atoms with Crippen LogP contribution < -0.4 is 4.74 Å². The van der Waals surface area contributed by atoms with Gasteiger partial charge in [0.2, 0.25) is 0 Å². The zero-order chi connectivity index (χ0) is 15.2. The van der Waals surface area contributed by atoms with Crippen LogP contribution in [0, 0.1) is 13.8 Å². The largest absolute Gasteiger partial charge is 0.491 e. The fourth-order valence-electron chi connectivity index (χ4n) is 2.27. The van der Waals surface area contributed by atoms with Gasteiger partial charge >= 0.3 is 0 Å². The second-order valence-electron chi connectivity index (χ2n) is 5.56. The predicted molar refractivity (Wildman–Crippen MR) is 86.8 cm³/mol. The molecule has 0 fully saturated rings. The number of hydrogen-bond donors (Lipinski definition) is 1. The van der Waals surface area contributed by atoms with Crippen molar-refractivity contribution in [3.63, 3.8) is 0 Å². The third kappa shape index (κ3) is 4.33. The first-order valence-corrected chi connectivity index (χ1v) is 7.57. The van der Waals surface area contributed by atoms with E-state index in [1.807, 2.05) is 30.3 Å². The van der Waals surface area contributed by atoms with Crippen molar-refractivity contribution in [2.24, 2.45) is 0 Å². The highest BCUT2D eigenvalue weighted by molar-refractivity contribution is 5.34. The van der Waals surface area contributed by atoms with Crippen LogP contribution in [0.5, 0.6) is 5.75 Å². The lowest BCUT2D eigenvalue weighted by Crippen LogP contribution is -2.09. The highest BCUT2D eigenvalue weighted by Gasteiger charge is 2.08. The summed E-state index contributed by atoms with van der Waals surface area (Å²) in [4.78, 5) is 0. The summed E-state index contributed by atoms with van der Waals surface area (Å²) >= 11 is 0.